The first-order valence-corrected chi connectivity index (χ1v) is 13.3. The Bertz CT molecular complexity index is 1010. The summed E-state index contributed by atoms with van der Waals surface area (Å²) in [6.07, 6.45) is 2.93. The number of hydrogen-bond donors (Lipinski definition) is 0. The number of carbonyl (C=O) groups excluding carboxylic acids is 1. The molecule has 1 amide bonds. The standard InChI is InChI=1S/C21H27F4N3O6S/c1-35(30,31)18-12-26-17(11-27-18)33-14-4-2-13(3-5-14)32-15-6-8-28(9-7-15)19(29)34-16-10-20(22,23)21(16,24)25/h11-16H,2-10H2,1H3. The molecule has 0 N–H and O–H groups in total. The van der Waals surface area contributed by atoms with E-state index in [4.69, 9.17) is 9.47 Å². The Morgan fingerprint density at radius 1 is 0.971 bits per heavy atom. The Kier molecular flexibility index (Phi) is 7.15. The molecular formula is C21H27F4N3O6S. The Morgan fingerprint density at radius 2 is 1.57 bits per heavy atom. The third-order valence-electron chi connectivity index (χ3n) is 6.55. The lowest BCUT2D eigenvalue weighted by Crippen LogP contribution is -2.64. The van der Waals surface area contributed by atoms with E-state index in [-0.39, 0.29) is 42.3 Å². The maximum atomic E-state index is 13.3. The van der Waals surface area contributed by atoms with E-state index in [1.807, 2.05) is 0 Å². The number of rotatable bonds is 6. The molecule has 0 radical (unpaired) electrons. The minimum absolute atomic E-state index is 0.00736. The number of nitrogens with zero attached hydrogens (tertiary/aromatic N) is 3. The van der Waals surface area contributed by atoms with Crippen molar-refractivity contribution in [2.45, 2.75) is 86.2 Å². The van der Waals surface area contributed by atoms with Crippen LogP contribution in [0.1, 0.15) is 44.9 Å². The van der Waals surface area contributed by atoms with Gasteiger partial charge in [-0.05, 0) is 38.5 Å². The van der Waals surface area contributed by atoms with Crippen LogP contribution in [0.4, 0.5) is 22.4 Å². The predicted octanol–water partition coefficient (Wildman–Crippen LogP) is 3.23. The summed E-state index contributed by atoms with van der Waals surface area (Å²) in [7, 11) is -3.43. The van der Waals surface area contributed by atoms with Crippen molar-refractivity contribution >= 4 is 15.9 Å². The molecule has 1 aromatic heterocycles. The van der Waals surface area contributed by atoms with Gasteiger partial charge >= 0.3 is 17.9 Å². The van der Waals surface area contributed by atoms with Crippen LogP contribution in [-0.2, 0) is 19.3 Å². The Hall–Kier alpha value is -2.22. The number of ether oxygens (including phenoxy) is 3. The molecule has 196 valence electrons. The summed E-state index contributed by atoms with van der Waals surface area (Å²) < 4.78 is 91.9. The third-order valence-corrected chi connectivity index (χ3v) is 7.53. The van der Waals surface area contributed by atoms with Crippen LogP contribution >= 0.6 is 0 Å². The molecule has 3 fully saturated rings. The van der Waals surface area contributed by atoms with Gasteiger partial charge in [-0.25, -0.2) is 23.2 Å². The van der Waals surface area contributed by atoms with Gasteiger partial charge in [0.15, 0.2) is 21.0 Å². The molecular weight excluding hydrogens is 498 g/mol. The smallest absolute Gasteiger partial charge is 0.410 e. The lowest BCUT2D eigenvalue weighted by atomic mass is 9.85. The molecule has 2 heterocycles. The van der Waals surface area contributed by atoms with Crippen molar-refractivity contribution in [3.05, 3.63) is 12.4 Å². The number of aromatic nitrogens is 2. The Labute approximate surface area is 200 Å². The van der Waals surface area contributed by atoms with Crippen molar-refractivity contribution in [2.75, 3.05) is 19.3 Å². The van der Waals surface area contributed by atoms with Crippen molar-refractivity contribution < 1.29 is 45.0 Å². The fourth-order valence-electron chi connectivity index (χ4n) is 4.37. The summed E-state index contributed by atoms with van der Waals surface area (Å²) >= 11 is 0. The molecule has 2 aliphatic carbocycles. The van der Waals surface area contributed by atoms with Crippen LogP contribution in [-0.4, -0.2) is 85.0 Å². The molecule has 1 aliphatic heterocycles. The number of amides is 1. The summed E-state index contributed by atoms with van der Waals surface area (Å²) in [5, 5.41) is -0.121. The lowest BCUT2D eigenvalue weighted by molar-refractivity contribution is -0.330. The van der Waals surface area contributed by atoms with Gasteiger partial charge in [0.1, 0.15) is 6.10 Å². The maximum Gasteiger partial charge on any atom is 0.410 e. The first-order chi connectivity index (χ1) is 16.3. The van der Waals surface area contributed by atoms with Crippen molar-refractivity contribution in [1.82, 2.24) is 14.9 Å². The molecule has 1 aromatic rings. The zero-order valence-electron chi connectivity index (χ0n) is 19.0. The predicted molar refractivity (Wildman–Crippen MR) is 112 cm³/mol. The van der Waals surface area contributed by atoms with E-state index in [1.54, 1.807) is 0 Å². The van der Waals surface area contributed by atoms with E-state index in [0.29, 0.717) is 25.7 Å². The van der Waals surface area contributed by atoms with Gasteiger partial charge in [0.25, 0.3) is 0 Å². The molecule has 2 saturated carbocycles. The van der Waals surface area contributed by atoms with Crippen LogP contribution in [0, 0.1) is 0 Å². The van der Waals surface area contributed by atoms with Crippen LogP contribution in [0.5, 0.6) is 5.88 Å². The molecule has 1 saturated heterocycles. The number of carbonyl (C=O) groups is 1. The molecule has 9 nitrogen and oxygen atoms in total. The zero-order chi connectivity index (χ0) is 25.4. The number of alkyl halides is 4. The number of piperidine rings is 1. The first kappa shape index (κ1) is 25.9. The summed E-state index contributed by atoms with van der Waals surface area (Å²) in [5.41, 5.74) is 0. The summed E-state index contributed by atoms with van der Waals surface area (Å²) in [6, 6.07) is 0. The molecule has 1 unspecified atom stereocenters. The second-order valence-corrected chi connectivity index (χ2v) is 11.2. The average Bonchev–Trinajstić information content (AvgIpc) is 2.80. The van der Waals surface area contributed by atoms with Gasteiger partial charge in [-0.1, -0.05) is 0 Å². The van der Waals surface area contributed by atoms with E-state index in [0.717, 1.165) is 25.3 Å². The van der Waals surface area contributed by atoms with Crippen molar-refractivity contribution in [3.63, 3.8) is 0 Å². The van der Waals surface area contributed by atoms with Gasteiger partial charge < -0.3 is 19.1 Å². The highest BCUT2D eigenvalue weighted by atomic mass is 32.2. The van der Waals surface area contributed by atoms with E-state index >= 15 is 0 Å². The van der Waals surface area contributed by atoms with Crippen molar-refractivity contribution in [2.24, 2.45) is 0 Å². The highest BCUT2D eigenvalue weighted by Gasteiger charge is 2.74. The minimum Gasteiger partial charge on any atom is -0.473 e. The van der Waals surface area contributed by atoms with E-state index in [1.165, 1.54) is 11.1 Å². The van der Waals surface area contributed by atoms with Gasteiger partial charge in [0.05, 0.1) is 31.0 Å². The number of halogens is 4. The number of hydrogen-bond acceptors (Lipinski definition) is 8. The molecule has 4 rings (SSSR count). The van der Waals surface area contributed by atoms with Gasteiger partial charge in [-0.3, -0.25) is 0 Å². The van der Waals surface area contributed by atoms with Crippen LogP contribution < -0.4 is 4.74 Å². The zero-order valence-corrected chi connectivity index (χ0v) is 19.9. The maximum absolute atomic E-state index is 13.3. The molecule has 0 spiro atoms. The molecule has 0 aromatic carbocycles. The summed E-state index contributed by atoms with van der Waals surface area (Å²) in [6.45, 7) is 0.470. The lowest BCUT2D eigenvalue weighted by Gasteiger charge is -2.43. The largest absolute Gasteiger partial charge is 0.473 e. The van der Waals surface area contributed by atoms with Crippen LogP contribution in [0.2, 0.25) is 0 Å². The van der Waals surface area contributed by atoms with Gasteiger partial charge in [-0.15, -0.1) is 0 Å². The number of likely N-dealkylation sites (tertiary alicyclic amines) is 1. The quantitative estimate of drug-likeness (QED) is 0.521. The van der Waals surface area contributed by atoms with Crippen LogP contribution in [0.25, 0.3) is 0 Å². The highest BCUT2D eigenvalue weighted by Crippen LogP contribution is 2.52. The molecule has 3 aliphatic rings. The van der Waals surface area contributed by atoms with Crippen LogP contribution in [0.3, 0.4) is 0 Å². The minimum atomic E-state index is -4.33. The average molecular weight is 526 g/mol. The summed E-state index contributed by atoms with van der Waals surface area (Å²) in [5.74, 6) is -8.22. The van der Waals surface area contributed by atoms with Crippen molar-refractivity contribution in [3.8, 4) is 5.88 Å². The van der Waals surface area contributed by atoms with Gasteiger partial charge in [-0.2, -0.15) is 17.6 Å². The third kappa shape index (κ3) is 5.79. The van der Waals surface area contributed by atoms with Crippen molar-refractivity contribution in [1.29, 1.82) is 0 Å². The highest BCUT2D eigenvalue weighted by molar-refractivity contribution is 7.90. The second-order valence-electron chi connectivity index (χ2n) is 9.21. The second kappa shape index (κ2) is 9.68. The van der Waals surface area contributed by atoms with E-state index < -0.39 is 40.3 Å². The SMILES string of the molecule is CS(=O)(=O)c1cnc(OC2CCC(OC3CCN(C(=O)OC4CC(F)(F)C4(F)F)CC3)CC2)cn1. The fraction of sp³-hybridized carbons (Fsp3) is 0.762. The first-order valence-electron chi connectivity index (χ1n) is 11.4. The Morgan fingerprint density at radius 3 is 2.09 bits per heavy atom. The fourth-order valence-corrected chi connectivity index (χ4v) is 4.86. The topological polar surface area (TPSA) is 108 Å². The molecule has 14 heteroatoms. The van der Waals surface area contributed by atoms with Gasteiger partial charge in [0.2, 0.25) is 5.88 Å². The van der Waals surface area contributed by atoms with Crippen LogP contribution in [0.15, 0.2) is 17.4 Å². The summed E-state index contributed by atoms with van der Waals surface area (Å²) in [4.78, 5) is 21.2. The Balaban J connectivity index is 1.15. The number of sulfone groups is 1. The molecule has 1 atom stereocenters. The molecule has 35 heavy (non-hydrogen) atoms. The normalized spacial score (nSPS) is 28.7. The molecule has 0 bridgehead atoms. The van der Waals surface area contributed by atoms with E-state index in [9.17, 15) is 30.8 Å². The monoisotopic (exact) mass is 525 g/mol. The van der Waals surface area contributed by atoms with Gasteiger partial charge in [0, 0.05) is 19.3 Å². The van der Waals surface area contributed by atoms with E-state index in [2.05, 4.69) is 14.7 Å².